The van der Waals surface area contributed by atoms with Crippen molar-refractivity contribution in [2.45, 2.75) is 25.4 Å². The number of piperidine rings is 1. The molecule has 3 rings (SSSR count). The van der Waals surface area contributed by atoms with Crippen molar-refractivity contribution in [3.05, 3.63) is 69.8 Å². The summed E-state index contributed by atoms with van der Waals surface area (Å²) in [5.41, 5.74) is 5.98. The van der Waals surface area contributed by atoms with Crippen LogP contribution in [0.15, 0.2) is 48.5 Å². The molecular weight excluding hydrogens is 362 g/mol. The van der Waals surface area contributed by atoms with Crippen LogP contribution in [-0.4, -0.2) is 34.8 Å². The molecular formula is C20H21N3O5. The number of likely N-dealkylation sites (tertiary alicyclic amines) is 1. The van der Waals surface area contributed by atoms with Gasteiger partial charge in [0.2, 0.25) is 6.10 Å². The lowest BCUT2D eigenvalue weighted by Crippen LogP contribution is -2.40. The predicted octanol–water partition coefficient (Wildman–Crippen LogP) is 3.09. The first-order valence-corrected chi connectivity index (χ1v) is 9.06. The van der Waals surface area contributed by atoms with Crippen LogP contribution >= 0.6 is 0 Å². The maximum Gasteiger partial charge on any atom is 0.341 e. The van der Waals surface area contributed by atoms with Crippen molar-refractivity contribution in [2.24, 2.45) is 0 Å². The highest BCUT2D eigenvalue weighted by atomic mass is 16.6. The summed E-state index contributed by atoms with van der Waals surface area (Å²) < 4.78 is 5.52. The number of anilines is 1. The lowest BCUT2D eigenvalue weighted by Gasteiger charge is -2.30. The minimum Gasteiger partial charge on any atom is -0.444 e. The number of benzene rings is 2. The fourth-order valence-corrected chi connectivity index (χ4v) is 3.17. The van der Waals surface area contributed by atoms with Gasteiger partial charge in [-0.3, -0.25) is 14.9 Å². The number of nitrogen functional groups attached to an aromatic ring is 1. The largest absolute Gasteiger partial charge is 0.444 e. The second-order valence-electron chi connectivity index (χ2n) is 6.61. The zero-order valence-corrected chi connectivity index (χ0v) is 15.2. The van der Waals surface area contributed by atoms with Gasteiger partial charge in [-0.2, -0.15) is 0 Å². The quantitative estimate of drug-likeness (QED) is 0.367. The molecule has 0 saturated carbocycles. The molecule has 146 valence electrons. The summed E-state index contributed by atoms with van der Waals surface area (Å²) in [6.07, 6.45) is 1.73. The topological polar surface area (TPSA) is 116 Å². The fourth-order valence-electron chi connectivity index (χ4n) is 3.17. The zero-order chi connectivity index (χ0) is 20.1. The molecule has 0 spiro atoms. The van der Waals surface area contributed by atoms with Crippen LogP contribution in [0.4, 0.5) is 11.4 Å². The number of nitro benzene ring substituents is 1. The highest BCUT2D eigenvalue weighted by Crippen LogP contribution is 2.26. The third-order valence-corrected chi connectivity index (χ3v) is 4.69. The number of nitrogens with zero attached hydrogens (tertiary/aromatic N) is 2. The molecule has 0 radical (unpaired) electrons. The van der Waals surface area contributed by atoms with Gasteiger partial charge in [-0.15, -0.1) is 0 Å². The monoisotopic (exact) mass is 383 g/mol. The van der Waals surface area contributed by atoms with Crippen molar-refractivity contribution in [3.63, 3.8) is 0 Å². The van der Waals surface area contributed by atoms with Crippen LogP contribution in [0.5, 0.6) is 0 Å². The van der Waals surface area contributed by atoms with E-state index in [0.29, 0.717) is 18.7 Å². The summed E-state index contributed by atoms with van der Waals surface area (Å²) in [5.74, 6) is -1.18. The summed E-state index contributed by atoms with van der Waals surface area (Å²) in [6, 6.07) is 12.3. The van der Waals surface area contributed by atoms with Crippen molar-refractivity contribution in [2.75, 3.05) is 18.8 Å². The van der Waals surface area contributed by atoms with E-state index >= 15 is 0 Å². The fraction of sp³-hybridized carbons (Fsp3) is 0.300. The molecule has 8 heteroatoms. The molecule has 0 aliphatic carbocycles. The summed E-state index contributed by atoms with van der Waals surface area (Å²) >= 11 is 0. The van der Waals surface area contributed by atoms with Crippen molar-refractivity contribution in [1.29, 1.82) is 0 Å². The van der Waals surface area contributed by atoms with Gasteiger partial charge < -0.3 is 15.4 Å². The van der Waals surface area contributed by atoms with E-state index in [2.05, 4.69) is 0 Å². The summed E-state index contributed by atoms with van der Waals surface area (Å²) in [7, 11) is 0. The van der Waals surface area contributed by atoms with E-state index in [1.54, 1.807) is 35.2 Å². The zero-order valence-electron chi connectivity index (χ0n) is 15.2. The second-order valence-corrected chi connectivity index (χ2v) is 6.61. The van der Waals surface area contributed by atoms with Gasteiger partial charge in [0.1, 0.15) is 0 Å². The maximum absolute atomic E-state index is 13.0. The molecule has 1 atom stereocenters. The number of carbonyl (C=O) groups is 2. The van der Waals surface area contributed by atoms with E-state index < -0.39 is 17.0 Å². The van der Waals surface area contributed by atoms with Crippen molar-refractivity contribution in [3.8, 4) is 0 Å². The van der Waals surface area contributed by atoms with Crippen LogP contribution < -0.4 is 5.73 Å². The molecule has 1 aliphatic heterocycles. The molecule has 0 unspecified atom stereocenters. The molecule has 1 saturated heterocycles. The number of rotatable bonds is 5. The molecule has 0 aromatic heterocycles. The van der Waals surface area contributed by atoms with Crippen molar-refractivity contribution in [1.82, 2.24) is 4.90 Å². The van der Waals surface area contributed by atoms with Crippen LogP contribution in [0.3, 0.4) is 0 Å². The molecule has 0 bridgehead atoms. The Bertz CT molecular complexity index is 879. The van der Waals surface area contributed by atoms with E-state index in [0.717, 1.165) is 25.3 Å². The first-order valence-electron chi connectivity index (χ1n) is 9.06. The lowest BCUT2D eigenvalue weighted by molar-refractivity contribution is -0.384. The molecule has 1 fully saturated rings. The lowest BCUT2D eigenvalue weighted by atomic mass is 10.1. The number of nitrogens with two attached hydrogens (primary N) is 1. The number of amides is 1. The third kappa shape index (κ3) is 4.28. The van der Waals surface area contributed by atoms with Gasteiger partial charge in [0.15, 0.2) is 0 Å². The van der Waals surface area contributed by atoms with E-state index in [4.69, 9.17) is 10.5 Å². The van der Waals surface area contributed by atoms with Crippen molar-refractivity contribution >= 4 is 23.3 Å². The van der Waals surface area contributed by atoms with Gasteiger partial charge >= 0.3 is 5.97 Å². The van der Waals surface area contributed by atoms with Gasteiger partial charge in [0.25, 0.3) is 11.6 Å². The normalized spacial score (nSPS) is 14.9. The predicted molar refractivity (Wildman–Crippen MR) is 103 cm³/mol. The molecule has 1 amide bonds. The molecule has 28 heavy (non-hydrogen) atoms. The van der Waals surface area contributed by atoms with Crippen LogP contribution in [0.1, 0.15) is 41.3 Å². The number of nitro groups is 1. The average Bonchev–Trinajstić information content (AvgIpc) is 2.72. The average molecular weight is 383 g/mol. The minimum atomic E-state index is -1.13. The Kier molecular flexibility index (Phi) is 5.88. The number of non-ortho nitro benzene ring substituents is 1. The molecule has 1 aliphatic rings. The molecule has 8 nitrogen and oxygen atoms in total. The molecule has 1 heterocycles. The molecule has 2 N–H and O–H groups in total. The van der Waals surface area contributed by atoms with E-state index in [1.165, 1.54) is 12.1 Å². The molecule has 2 aromatic rings. The SMILES string of the molecule is Nc1ccc([N+](=O)[O-])cc1C(=O)O[C@@H](C(=O)N1CCCCC1)c1ccccc1. The number of hydrogen-bond donors (Lipinski definition) is 1. The Balaban J connectivity index is 1.89. The van der Waals surface area contributed by atoms with Crippen LogP contribution in [-0.2, 0) is 9.53 Å². The Morgan fingerprint density at radius 3 is 2.39 bits per heavy atom. The second kappa shape index (κ2) is 8.51. The first-order chi connectivity index (χ1) is 13.5. The van der Waals surface area contributed by atoms with E-state index in [1.807, 2.05) is 0 Å². The summed E-state index contributed by atoms with van der Waals surface area (Å²) in [5, 5.41) is 11.0. The highest BCUT2D eigenvalue weighted by molar-refractivity contribution is 5.97. The van der Waals surface area contributed by atoms with Crippen LogP contribution in [0.25, 0.3) is 0 Å². The Labute approximate surface area is 162 Å². The van der Waals surface area contributed by atoms with Gasteiger partial charge in [-0.25, -0.2) is 4.79 Å². The smallest absolute Gasteiger partial charge is 0.341 e. The van der Waals surface area contributed by atoms with Crippen molar-refractivity contribution < 1.29 is 19.2 Å². The summed E-state index contributed by atoms with van der Waals surface area (Å²) in [4.78, 5) is 37.8. The Morgan fingerprint density at radius 1 is 1.07 bits per heavy atom. The first kappa shape index (κ1) is 19.3. The highest BCUT2D eigenvalue weighted by Gasteiger charge is 2.31. The van der Waals surface area contributed by atoms with Crippen LogP contribution in [0.2, 0.25) is 0 Å². The maximum atomic E-state index is 13.0. The number of ether oxygens (including phenoxy) is 1. The van der Waals surface area contributed by atoms with E-state index in [9.17, 15) is 19.7 Å². The number of hydrogen-bond acceptors (Lipinski definition) is 6. The van der Waals surface area contributed by atoms with Gasteiger partial charge in [-0.05, 0) is 25.3 Å². The minimum absolute atomic E-state index is 0.0489. The number of esters is 1. The summed E-state index contributed by atoms with van der Waals surface area (Å²) in [6.45, 7) is 1.22. The third-order valence-electron chi connectivity index (χ3n) is 4.69. The number of carbonyl (C=O) groups excluding carboxylic acids is 2. The van der Waals surface area contributed by atoms with Gasteiger partial charge in [0, 0.05) is 36.5 Å². The van der Waals surface area contributed by atoms with Gasteiger partial charge in [-0.1, -0.05) is 30.3 Å². The van der Waals surface area contributed by atoms with E-state index in [-0.39, 0.29) is 22.8 Å². The van der Waals surface area contributed by atoms with Gasteiger partial charge in [0.05, 0.1) is 10.5 Å². The Hall–Kier alpha value is -3.42. The van der Waals surface area contributed by atoms with Crippen LogP contribution in [0, 0.1) is 10.1 Å². The molecule has 2 aromatic carbocycles. The standard InChI is InChI=1S/C20H21N3O5/c21-17-10-9-15(23(26)27)13-16(17)20(25)28-18(14-7-3-1-4-8-14)19(24)22-11-5-2-6-12-22/h1,3-4,7-10,13,18H,2,5-6,11-12,21H2/t18-/m1/s1. The Morgan fingerprint density at radius 2 is 1.75 bits per heavy atom.